The number of ether oxygens (including phenoxy) is 1. The van der Waals surface area contributed by atoms with E-state index in [4.69, 9.17) is 9.84 Å². The van der Waals surface area contributed by atoms with Crippen LogP contribution < -0.4 is 10.1 Å². The maximum absolute atomic E-state index is 11.6. The summed E-state index contributed by atoms with van der Waals surface area (Å²) in [6.07, 6.45) is 0.439. The highest BCUT2D eigenvalue weighted by atomic mass is 32.2. The number of nitrogens with one attached hydrogen (secondary N) is 1. The van der Waals surface area contributed by atoms with E-state index in [1.165, 1.54) is 11.8 Å². The number of aliphatic carboxylic acids is 1. The van der Waals surface area contributed by atoms with E-state index in [1.54, 1.807) is 6.92 Å². The Morgan fingerprint density at radius 2 is 2.00 bits per heavy atom. The molecule has 0 aliphatic heterocycles. The Kier molecular flexibility index (Phi) is 7.68. The summed E-state index contributed by atoms with van der Waals surface area (Å²) in [5.74, 6) is -0.243. The zero-order valence-electron chi connectivity index (χ0n) is 12.3. The zero-order valence-corrected chi connectivity index (χ0v) is 13.1. The summed E-state index contributed by atoms with van der Waals surface area (Å²) in [5.41, 5.74) is 0. The van der Waals surface area contributed by atoms with Crippen LogP contribution in [0, 0.1) is 5.92 Å². The topological polar surface area (TPSA) is 75.6 Å². The number of rotatable bonds is 9. The highest BCUT2D eigenvalue weighted by molar-refractivity contribution is 8.00. The molecule has 1 rings (SSSR count). The number of carboxylic acid groups (broad SMARTS) is 1. The maximum atomic E-state index is 11.6. The molecule has 0 heterocycles. The highest BCUT2D eigenvalue weighted by Gasteiger charge is 2.10. The van der Waals surface area contributed by atoms with Crippen molar-refractivity contribution in [2.75, 3.05) is 18.9 Å². The average Bonchev–Trinajstić information content (AvgIpc) is 2.46. The lowest BCUT2D eigenvalue weighted by molar-refractivity contribution is -0.141. The third kappa shape index (κ3) is 7.04. The molecule has 0 aliphatic carbocycles. The quantitative estimate of drug-likeness (QED) is 0.685. The molecule has 1 amide bonds. The van der Waals surface area contributed by atoms with Crippen molar-refractivity contribution in [3.05, 3.63) is 24.3 Å². The lowest BCUT2D eigenvalue weighted by Crippen LogP contribution is -2.28. The van der Waals surface area contributed by atoms with Crippen molar-refractivity contribution in [2.24, 2.45) is 5.92 Å². The summed E-state index contributed by atoms with van der Waals surface area (Å²) in [6, 6.07) is 7.57. The first kappa shape index (κ1) is 17.4. The first-order valence-electron chi connectivity index (χ1n) is 6.88. The van der Waals surface area contributed by atoms with Crippen LogP contribution >= 0.6 is 11.8 Å². The third-order valence-electron chi connectivity index (χ3n) is 2.83. The zero-order chi connectivity index (χ0) is 15.7. The lowest BCUT2D eigenvalue weighted by atomic mass is 10.1. The SMILES string of the molecule is CCOc1ccc(SCC(=O)NCCC(C)C(=O)O)cc1. The Labute approximate surface area is 129 Å². The minimum atomic E-state index is -0.840. The van der Waals surface area contributed by atoms with Crippen LogP contribution in [0.4, 0.5) is 0 Å². The standard InChI is InChI=1S/C15H21NO4S/c1-3-20-12-4-6-13(7-5-12)21-10-14(17)16-9-8-11(2)15(18)19/h4-7,11H,3,8-10H2,1-2H3,(H,16,17)(H,18,19). The summed E-state index contributed by atoms with van der Waals surface area (Å²) < 4.78 is 5.34. The average molecular weight is 311 g/mol. The van der Waals surface area contributed by atoms with Gasteiger partial charge in [-0.05, 0) is 37.6 Å². The molecule has 0 saturated heterocycles. The summed E-state index contributed by atoms with van der Waals surface area (Å²) in [7, 11) is 0. The van der Waals surface area contributed by atoms with Crippen LogP contribution in [-0.2, 0) is 9.59 Å². The molecule has 0 spiro atoms. The van der Waals surface area contributed by atoms with Crippen molar-refractivity contribution in [2.45, 2.75) is 25.2 Å². The second kappa shape index (κ2) is 9.28. The summed E-state index contributed by atoms with van der Waals surface area (Å²) in [5, 5.41) is 11.5. The van der Waals surface area contributed by atoms with Gasteiger partial charge < -0.3 is 15.2 Å². The maximum Gasteiger partial charge on any atom is 0.306 e. The molecule has 0 bridgehead atoms. The van der Waals surface area contributed by atoms with Gasteiger partial charge >= 0.3 is 5.97 Å². The van der Waals surface area contributed by atoms with E-state index in [-0.39, 0.29) is 5.91 Å². The minimum absolute atomic E-state index is 0.0912. The highest BCUT2D eigenvalue weighted by Crippen LogP contribution is 2.21. The molecule has 1 aromatic rings. The fourth-order valence-electron chi connectivity index (χ4n) is 1.55. The number of benzene rings is 1. The molecule has 5 nitrogen and oxygen atoms in total. The van der Waals surface area contributed by atoms with Gasteiger partial charge in [0.25, 0.3) is 0 Å². The van der Waals surface area contributed by atoms with Gasteiger partial charge in [0, 0.05) is 11.4 Å². The summed E-state index contributed by atoms with van der Waals surface area (Å²) in [6.45, 7) is 4.57. The van der Waals surface area contributed by atoms with Crippen molar-refractivity contribution in [3.63, 3.8) is 0 Å². The van der Waals surface area contributed by atoms with Crippen molar-refractivity contribution in [1.82, 2.24) is 5.32 Å². The second-order valence-electron chi connectivity index (χ2n) is 4.57. The van der Waals surface area contributed by atoms with Crippen LogP contribution in [0.25, 0.3) is 0 Å². The predicted molar refractivity (Wildman–Crippen MR) is 82.8 cm³/mol. The molecular weight excluding hydrogens is 290 g/mol. The van der Waals surface area contributed by atoms with E-state index in [1.807, 2.05) is 31.2 Å². The molecule has 1 aromatic carbocycles. The van der Waals surface area contributed by atoms with Gasteiger partial charge in [-0.15, -0.1) is 11.8 Å². The van der Waals surface area contributed by atoms with Crippen LogP contribution in [0.15, 0.2) is 29.2 Å². The molecule has 1 unspecified atom stereocenters. The van der Waals surface area contributed by atoms with Crippen LogP contribution in [0.1, 0.15) is 20.3 Å². The molecule has 2 N–H and O–H groups in total. The Hall–Kier alpha value is -1.69. The van der Waals surface area contributed by atoms with Crippen LogP contribution in [-0.4, -0.2) is 35.9 Å². The molecule has 0 radical (unpaired) electrons. The Balaban J connectivity index is 2.24. The normalized spacial score (nSPS) is 11.7. The first-order chi connectivity index (χ1) is 10.0. The summed E-state index contributed by atoms with van der Waals surface area (Å²) >= 11 is 1.44. The van der Waals surface area contributed by atoms with E-state index in [2.05, 4.69) is 5.32 Å². The van der Waals surface area contributed by atoms with E-state index >= 15 is 0 Å². The second-order valence-corrected chi connectivity index (χ2v) is 5.62. The molecule has 21 heavy (non-hydrogen) atoms. The number of amides is 1. The van der Waals surface area contributed by atoms with E-state index in [0.29, 0.717) is 25.3 Å². The molecule has 116 valence electrons. The fraction of sp³-hybridized carbons (Fsp3) is 0.467. The van der Waals surface area contributed by atoms with Gasteiger partial charge in [-0.2, -0.15) is 0 Å². The molecule has 0 aliphatic rings. The van der Waals surface area contributed by atoms with Crippen molar-refractivity contribution in [3.8, 4) is 5.75 Å². The van der Waals surface area contributed by atoms with Crippen LogP contribution in [0.5, 0.6) is 5.75 Å². The fourth-order valence-corrected chi connectivity index (χ4v) is 2.28. The van der Waals surface area contributed by atoms with Gasteiger partial charge in [0.05, 0.1) is 18.3 Å². The molecule has 0 fully saturated rings. The lowest BCUT2D eigenvalue weighted by Gasteiger charge is -2.08. The van der Waals surface area contributed by atoms with Crippen LogP contribution in [0.3, 0.4) is 0 Å². The summed E-state index contributed by atoms with van der Waals surface area (Å²) in [4.78, 5) is 23.3. The Bertz CT molecular complexity index is 461. The third-order valence-corrected chi connectivity index (χ3v) is 3.84. The van der Waals surface area contributed by atoms with Crippen molar-refractivity contribution < 1.29 is 19.4 Å². The van der Waals surface area contributed by atoms with Crippen LogP contribution in [0.2, 0.25) is 0 Å². The van der Waals surface area contributed by atoms with Gasteiger partial charge in [-0.1, -0.05) is 6.92 Å². The Morgan fingerprint density at radius 3 is 2.57 bits per heavy atom. The molecule has 0 aromatic heterocycles. The van der Waals surface area contributed by atoms with E-state index in [0.717, 1.165) is 10.6 Å². The molecular formula is C15H21NO4S. The number of carbonyl (C=O) groups excluding carboxylic acids is 1. The molecule has 6 heteroatoms. The van der Waals surface area contributed by atoms with E-state index < -0.39 is 11.9 Å². The van der Waals surface area contributed by atoms with Crippen molar-refractivity contribution >= 4 is 23.6 Å². The number of hydrogen-bond acceptors (Lipinski definition) is 4. The molecule has 1 atom stereocenters. The van der Waals surface area contributed by atoms with Gasteiger partial charge in [0.15, 0.2) is 0 Å². The van der Waals surface area contributed by atoms with Gasteiger partial charge in [-0.25, -0.2) is 0 Å². The van der Waals surface area contributed by atoms with Gasteiger partial charge in [0.2, 0.25) is 5.91 Å². The van der Waals surface area contributed by atoms with Crippen molar-refractivity contribution in [1.29, 1.82) is 0 Å². The number of hydrogen-bond donors (Lipinski definition) is 2. The number of thioether (sulfide) groups is 1. The largest absolute Gasteiger partial charge is 0.494 e. The van der Waals surface area contributed by atoms with Gasteiger partial charge in [-0.3, -0.25) is 9.59 Å². The number of carbonyl (C=O) groups is 2. The Morgan fingerprint density at radius 1 is 1.33 bits per heavy atom. The number of carboxylic acids is 1. The predicted octanol–water partition coefficient (Wildman–Crippen LogP) is 2.40. The minimum Gasteiger partial charge on any atom is -0.494 e. The first-order valence-corrected chi connectivity index (χ1v) is 7.86. The monoisotopic (exact) mass is 311 g/mol. The smallest absolute Gasteiger partial charge is 0.306 e. The van der Waals surface area contributed by atoms with E-state index in [9.17, 15) is 9.59 Å². The molecule has 0 saturated carbocycles. The van der Waals surface area contributed by atoms with Gasteiger partial charge in [0.1, 0.15) is 5.75 Å².